The minimum absolute atomic E-state index is 0.00442. The molecule has 2 aromatic heterocycles. The Bertz CT molecular complexity index is 1060. The van der Waals surface area contributed by atoms with Crippen LogP contribution in [0, 0.1) is 12.7 Å². The number of aromatic nitrogens is 4. The molecule has 2 N–H and O–H groups in total. The van der Waals surface area contributed by atoms with Crippen molar-refractivity contribution in [3.05, 3.63) is 59.3 Å². The van der Waals surface area contributed by atoms with Gasteiger partial charge in [0.25, 0.3) is 0 Å². The lowest BCUT2D eigenvalue weighted by molar-refractivity contribution is -0.135. The number of hydrogen-bond acceptors (Lipinski definition) is 4. The van der Waals surface area contributed by atoms with Crippen LogP contribution < -0.4 is 5.32 Å². The third kappa shape index (κ3) is 3.18. The van der Waals surface area contributed by atoms with Gasteiger partial charge in [0.2, 0.25) is 5.91 Å². The van der Waals surface area contributed by atoms with Crippen LogP contribution in [0.2, 0.25) is 0 Å². The van der Waals surface area contributed by atoms with Crippen LogP contribution in [-0.2, 0) is 17.8 Å². The monoisotopic (exact) mass is 394 g/mol. The highest BCUT2D eigenvalue weighted by molar-refractivity contribution is 5.78. The summed E-state index contributed by atoms with van der Waals surface area (Å²) in [5, 5.41) is 15.0. The van der Waals surface area contributed by atoms with Crippen LogP contribution in [0.15, 0.2) is 36.5 Å². The Balaban J connectivity index is 1.37. The molecule has 3 aromatic rings. The lowest BCUT2D eigenvalue weighted by Crippen LogP contribution is -2.42. The average Bonchev–Trinajstić information content (AvgIpc) is 3.38. The Morgan fingerprint density at radius 3 is 3.03 bits per heavy atom. The first kappa shape index (κ1) is 17.9. The van der Waals surface area contributed by atoms with Crippen LogP contribution in [0.5, 0.6) is 0 Å². The normalized spacial score (nSPS) is 20.0. The number of aryl methyl sites for hydroxylation is 2. The van der Waals surface area contributed by atoms with Gasteiger partial charge in [-0.2, -0.15) is 10.2 Å². The highest BCUT2D eigenvalue weighted by Crippen LogP contribution is 2.46. The summed E-state index contributed by atoms with van der Waals surface area (Å²) < 4.78 is 15.4. The molecule has 8 heteroatoms. The molecule has 0 radical (unpaired) electrons. The Morgan fingerprint density at radius 1 is 1.34 bits per heavy atom. The molecule has 2 aliphatic rings. The molecule has 7 nitrogen and oxygen atoms in total. The number of rotatable bonds is 5. The smallest absolute Gasteiger partial charge is 0.225 e. The molecule has 1 saturated heterocycles. The maximum Gasteiger partial charge on any atom is 0.225 e. The molecule has 0 saturated carbocycles. The van der Waals surface area contributed by atoms with E-state index in [1.165, 1.54) is 12.1 Å². The van der Waals surface area contributed by atoms with E-state index in [9.17, 15) is 9.18 Å². The maximum atomic E-state index is 13.6. The highest BCUT2D eigenvalue weighted by atomic mass is 19.1. The van der Waals surface area contributed by atoms with Crippen molar-refractivity contribution in [1.82, 2.24) is 24.9 Å². The van der Waals surface area contributed by atoms with Crippen LogP contribution in [0.4, 0.5) is 15.9 Å². The van der Waals surface area contributed by atoms with E-state index < -0.39 is 0 Å². The molecule has 0 spiro atoms. The number of fused-ring (bicyclic) bond motifs is 4. The number of carbonyl (C=O) groups is 1. The maximum absolute atomic E-state index is 13.6. The molecular weight excluding hydrogens is 371 g/mol. The summed E-state index contributed by atoms with van der Waals surface area (Å²) >= 11 is 0. The van der Waals surface area contributed by atoms with Crippen molar-refractivity contribution in [3.8, 4) is 0 Å². The van der Waals surface area contributed by atoms with E-state index in [1.807, 2.05) is 22.6 Å². The van der Waals surface area contributed by atoms with Crippen LogP contribution in [0.25, 0.3) is 0 Å². The predicted octanol–water partition coefficient (Wildman–Crippen LogP) is 3.48. The van der Waals surface area contributed by atoms with Crippen LogP contribution in [0.1, 0.15) is 42.3 Å². The number of nitrogens with one attached hydrogen (secondary N) is 2. The second-order valence-electron chi connectivity index (χ2n) is 7.80. The number of hydrogen-bond donors (Lipinski definition) is 2. The first-order valence-corrected chi connectivity index (χ1v) is 9.99. The van der Waals surface area contributed by atoms with E-state index >= 15 is 0 Å². The van der Waals surface area contributed by atoms with Crippen molar-refractivity contribution in [2.75, 3.05) is 5.32 Å². The fourth-order valence-corrected chi connectivity index (χ4v) is 4.64. The predicted molar refractivity (Wildman–Crippen MR) is 106 cm³/mol. The first-order chi connectivity index (χ1) is 14.1. The topological polar surface area (TPSA) is 78.8 Å². The van der Waals surface area contributed by atoms with E-state index in [0.29, 0.717) is 24.5 Å². The number of benzene rings is 1. The minimum Gasteiger partial charge on any atom is -0.338 e. The van der Waals surface area contributed by atoms with E-state index in [4.69, 9.17) is 0 Å². The molecule has 0 aliphatic carbocycles. The number of nitrogens with zero attached hydrogens (tertiary/aromatic N) is 4. The number of anilines is 2. The molecule has 2 aliphatic heterocycles. The third-order valence-corrected chi connectivity index (χ3v) is 6.00. The largest absolute Gasteiger partial charge is 0.338 e. The fourth-order valence-electron chi connectivity index (χ4n) is 4.64. The molecule has 150 valence electrons. The molecule has 1 fully saturated rings. The van der Waals surface area contributed by atoms with Gasteiger partial charge in [-0.25, -0.2) is 4.39 Å². The van der Waals surface area contributed by atoms with Crippen molar-refractivity contribution < 1.29 is 9.18 Å². The lowest BCUT2D eigenvalue weighted by Gasteiger charge is -2.35. The average molecular weight is 394 g/mol. The second-order valence-corrected chi connectivity index (χ2v) is 7.80. The van der Waals surface area contributed by atoms with Crippen molar-refractivity contribution in [1.29, 1.82) is 0 Å². The van der Waals surface area contributed by atoms with Gasteiger partial charge < -0.3 is 10.2 Å². The molecule has 29 heavy (non-hydrogen) atoms. The number of carbonyl (C=O) groups excluding carboxylic acids is 1. The number of aromatic amines is 1. The van der Waals surface area contributed by atoms with Crippen molar-refractivity contribution in [2.24, 2.45) is 0 Å². The quantitative estimate of drug-likeness (QED) is 0.695. The fraction of sp³-hybridized carbons (Fsp3) is 0.381. The summed E-state index contributed by atoms with van der Waals surface area (Å²) in [5.74, 6) is 0.527. The van der Waals surface area contributed by atoms with Gasteiger partial charge in [-0.15, -0.1) is 0 Å². The zero-order valence-electron chi connectivity index (χ0n) is 16.2. The summed E-state index contributed by atoms with van der Waals surface area (Å²) in [6.45, 7) is 2.57. The van der Waals surface area contributed by atoms with Gasteiger partial charge in [-0.1, -0.05) is 6.07 Å². The van der Waals surface area contributed by atoms with Crippen LogP contribution >= 0.6 is 0 Å². The molecule has 1 aromatic carbocycles. The Kier molecular flexibility index (Phi) is 4.34. The Hall–Kier alpha value is -3.16. The standard InChI is InChI=1S/C21H23FN6O/c1-13-7-9-23-27(13)10-8-19(29)28-16-5-6-18(28)20-17(12-16)25-26-21(20)24-15-4-2-3-14(22)11-15/h2-4,7,9,11,16,18H,5-6,8,10,12H2,1H3,(H2,24,25,26). The summed E-state index contributed by atoms with van der Waals surface area (Å²) in [4.78, 5) is 15.1. The van der Waals surface area contributed by atoms with E-state index in [-0.39, 0.29) is 23.8 Å². The van der Waals surface area contributed by atoms with Gasteiger partial charge in [0, 0.05) is 54.3 Å². The van der Waals surface area contributed by atoms with E-state index in [2.05, 4.69) is 20.6 Å². The number of halogens is 1. The summed E-state index contributed by atoms with van der Waals surface area (Å²) in [5.41, 5.74) is 3.81. The van der Waals surface area contributed by atoms with Crippen LogP contribution in [-0.4, -0.2) is 36.8 Å². The molecule has 2 bridgehead atoms. The zero-order chi connectivity index (χ0) is 20.0. The summed E-state index contributed by atoms with van der Waals surface area (Å²) in [6.07, 6.45) is 4.86. The van der Waals surface area contributed by atoms with Gasteiger partial charge >= 0.3 is 0 Å². The first-order valence-electron chi connectivity index (χ1n) is 9.99. The zero-order valence-corrected chi connectivity index (χ0v) is 16.2. The van der Waals surface area contributed by atoms with E-state index in [1.54, 1.807) is 18.3 Å². The molecule has 2 unspecified atom stereocenters. The molecule has 2 atom stereocenters. The van der Waals surface area contributed by atoms with Gasteiger partial charge in [0.1, 0.15) is 5.82 Å². The molecule has 5 rings (SSSR count). The molecule has 1 amide bonds. The van der Waals surface area contributed by atoms with E-state index in [0.717, 1.165) is 36.2 Å². The number of amides is 1. The van der Waals surface area contributed by atoms with Gasteiger partial charge in [0.05, 0.1) is 6.04 Å². The lowest BCUT2D eigenvalue weighted by atomic mass is 9.98. The van der Waals surface area contributed by atoms with Crippen LogP contribution in [0.3, 0.4) is 0 Å². The van der Waals surface area contributed by atoms with Gasteiger partial charge in [0.15, 0.2) is 5.82 Å². The minimum atomic E-state index is -0.300. The molecular formula is C21H23FN6O. The molecule has 4 heterocycles. The highest BCUT2D eigenvalue weighted by Gasteiger charge is 2.44. The third-order valence-electron chi connectivity index (χ3n) is 6.00. The van der Waals surface area contributed by atoms with Crippen molar-refractivity contribution in [2.45, 2.75) is 51.2 Å². The Morgan fingerprint density at radius 2 is 2.24 bits per heavy atom. The van der Waals surface area contributed by atoms with Crippen molar-refractivity contribution >= 4 is 17.4 Å². The Labute approximate surface area is 167 Å². The SMILES string of the molecule is Cc1ccnn1CCC(=O)N1C2CCC1c1c(Nc3cccc(F)c3)n[nH]c1C2. The van der Waals surface area contributed by atoms with Gasteiger partial charge in [-0.3, -0.25) is 14.6 Å². The van der Waals surface area contributed by atoms with Crippen molar-refractivity contribution in [3.63, 3.8) is 0 Å². The number of H-pyrrole nitrogens is 1. The second kappa shape index (κ2) is 7.02. The summed E-state index contributed by atoms with van der Waals surface area (Å²) in [7, 11) is 0. The van der Waals surface area contributed by atoms with Gasteiger partial charge in [-0.05, 0) is 44.0 Å². The summed E-state index contributed by atoms with van der Waals surface area (Å²) in [6, 6.07) is 8.48.